The lowest BCUT2D eigenvalue weighted by atomic mass is 10.1. The summed E-state index contributed by atoms with van der Waals surface area (Å²) in [4.78, 5) is 0. The van der Waals surface area contributed by atoms with E-state index in [0.29, 0.717) is 11.4 Å². The Hall–Kier alpha value is -1.75. The van der Waals surface area contributed by atoms with Crippen LogP contribution in [0.4, 0.5) is 4.39 Å². The first-order valence-electron chi connectivity index (χ1n) is 5.38. The predicted molar refractivity (Wildman–Crippen MR) is 60.9 cm³/mol. The zero-order chi connectivity index (χ0) is 12.4. The van der Waals surface area contributed by atoms with Gasteiger partial charge in [-0.3, -0.25) is 0 Å². The number of aliphatic hydroxyl groups excluding tert-OH is 1. The van der Waals surface area contributed by atoms with E-state index in [1.165, 1.54) is 12.4 Å². The summed E-state index contributed by atoms with van der Waals surface area (Å²) in [7, 11) is 0. The quantitative estimate of drug-likeness (QED) is 0.883. The molecule has 1 N–H and O–H groups in total. The van der Waals surface area contributed by atoms with Crippen molar-refractivity contribution in [3.05, 3.63) is 47.3 Å². The van der Waals surface area contributed by atoms with E-state index < -0.39 is 0 Å². The van der Waals surface area contributed by atoms with Gasteiger partial charge in [-0.2, -0.15) is 0 Å². The second-order valence-corrected chi connectivity index (χ2v) is 4.00. The molecule has 90 valence electrons. The SMILES string of the molecule is Cc1ccc(C(C)n2cnnc2CO)cc1F. The summed E-state index contributed by atoms with van der Waals surface area (Å²) in [6.45, 7) is 3.45. The van der Waals surface area contributed by atoms with Crippen molar-refractivity contribution in [1.82, 2.24) is 14.8 Å². The van der Waals surface area contributed by atoms with Gasteiger partial charge in [0, 0.05) is 0 Å². The van der Waals surface area contributed by atoms with E-state index in [9.17, 15) is 4.39 Å². The fourth-order valence-electron chi connectivity index (χ4n) is 1.73. The molecule has 0 aliphatic heterocycles. The molecule has 1 heterocycles. The van der Waals surface area contributed by atoms with Gasteiger partial charge in [-0.05, 0) is 31.0 Å². The van der Waals surface area contributed by atoms with Crippen LogP contribution < -0.4 is 0 Å². The van der Waals surface area contributed by atoms with E-state index in [1.54, 1.807) is 17.6 Å². The highest BCUT2D eigenvalue weighted by Crippen LogP contribution is 2.21. The fraction of sp³-hybridized carbons (Fsp3) is 0.333. The van der Waals surface area contributed by atoms with Crippen LogP contribution in [0, 0.1) is 12.7 Å². The van der Waals surface area contributed by atoms with E-state index in [2.05, 4.69) is 10.2 Å². The second kappa shape index (κ2) is 4.63. The van der Waals surface area contributed by atoms with E-state index in [-0.39, 0.29) is 18.5 Å². The molecule has 1 aromatic heterocycles. The Balaban J connectivity index is 2.36. The summed E-state index contributed by atoms with van der Waals surface area (Å²) in [6.07, 6.45) is 1.54. The highest BCUT2D eigenvalue weighted by atomic mass is 19.1. The van der Waals surface area contributed by atoms with Gasteiger partial charge in [-0.1, -0.05) is 12.1 Å². The molecular formula is C12H14FN3O. The van der Waals surface area contributed by atoms with Crippen molar-refractivity contribution in [3.63, 3.8) is 0 Å². The molecule has 0 bridgehead atoms. The smallest absolute Gasteiger partial charge is 0.159 e. The molecule has 0 saturated heterocycles. The first kappa shape index (κ1) is 11.7. The van der Waals surface area contributed by atoms with E-state index >= 15 is 0 Å². The van der Waals surface area contributed by atoms with Crippen LogP contribution in [-0.4, -0.2) is 19.9 Å². The highest BCUT2D eigenvalue weighted by molar-refractivity contribution is 5.26. The van der Waals surface area contributed by atoms with Crippen LogP contribution in [0.15, 0.2) is 24.5 Å². The van der Waals surface area contributed by atoms with Gasteiger partial charge in [0.1, 0.15) is 18.8 Å². The number of hydrogen-bond donors (Lipinski definition) is 1. The Bertz CT molecular complexity index is 524. The summed E-state index contributed by atoms with van der Waals surface area (Å²) in [6, 6.07) is 5.00. The minimum absolute atomic E-state index is 0.109. The van der Waals surface area contributed by atoms with Crippen LogP contribution in [0.3, 0.4) is 0 Å². The van der Waals surface area contributed by atoms with Gasteiger partial charge in [-0.25, -0.2) is 4.39 Å². The Morgan fingerprint density at radius 1 is 1.47 bits per heavy atom. The minimum Gasteiger partial charge on any atom is -0.388 e. The standard InChI is InChI=1S/C12H14FN3O/c1-8-3-4-10(5-11(8)13)9(2)16-7-14-15-12(16)6-17/h3-5,7,9,17H,6H2,1-2H3. The molecule has 1 aromatic carbocycles. The van der Waals surface area contributed by atoms with Gasteiger partial charge in [0.2, 0.25) is 0 Å². The average molecular weight is 235 g/mol. The summed E-state index contributed by atoms with van der Waals surface area (Å²) in [5.74, 6) is 0.242. The van der Waals surface area contributed by atoms with Crippen LogP contribution in [0.25, 0.3) is 0 Å². The third-order valence-corrected chi connectivity index (χ3v) is 2.88. The molecule has 2 rings (SSSR count). The number of rotatable bonds is 3. The zero-order valence-electron chi connectivity index (χ0n) is 9.76. The Morgan fingerprint density at radius 3 is 2.88 bits per heavy atom. The second-order valence-electron chi connectivity index (χ2n) is 4.00. The minimum atomic E-state index is -0.229. The third kappa shape index (κ3) is 2.19. The molecule has 0 aliphatic carbocycles. The Morgan fingerprint density at radius 2 is 2.24 bits per heavy atom. The van der Waals surface area contributed by atoms with E-state index in [4.69, 9.17) is 5.11 Å². The lowest BCUT2D eigenvalue weighted by Gasteiger charge is -2.15. The normalized spacial score (nSPS) is 12.7. The number of aromatic nitrogens is 3. The van der Waals surface area contributed by atoms with Crippen molar-refractivity contribution >= 4 is 0 Å². The van der Waals surface area contributed by atoms with Crippen molar-refractivity contribution in [1.29, 1.82) is 0 Å². The Labute approximate surface area is 98.7 Å². The molecule has 1 unspecified atom stereocenters. The summed E-state index contributed by atoms with van der Waals surface area (Å²) < 4.78 is 15.2. The summed E-state index contributed by atoms with van der Waals surface area (Å²) in [5, 5.41) is 16.6. The van der Waals surface area contributed by atoms with Gasteiger partial charge in [0.25, 0.3) is 0 Å². The maximum Gasteiger partial charge on any atom is 0.159 e. The van der Waals surface area contributed by atoms with Crippen LogP contribution in [0.2, 0.25) is 0 Å². The molecule has 4 nitrogen and oxygen atoms in total. The topological polar surface area (TPSA) is 50.9 Å². The lowest BCUT2D eigenvalue weighted by molar-refractivity contribution is 0.263. The first-order chi connectivity index (χ1) is 8.13. The van der Waals surface area contributed by atoms with Crippen LogP contribution in [0.5, 0.6) is 0 Å². The van der Waals surface area contributed by atoms with Gasteiger partial charge < -0.3 is 9.67 Å². The maximum atomic E-state index is 13.5. The molecule has 17 heavy (non-hydrogen) atoms. The molecule has 0 fully saturated rings. The maximum absolute atomic E-state index is 13.5. The number of benzene rings is 1. The van der Waals surface area contributed by atoms with Crippen LogP contribution in [0.1, 0.15) is 29.9 Å². The molecular weight excluding hydrogens is 221 g/mol. The predicted octanol–water partition coefficient (Wildman–Crippen LogP) is 1.83. The van der Waals surface area contributed by atoms with Crippen molar-refractivity contribution in [3.8, 4) is 0 Å². The molecule has 2 aromatic rings. The van der Waals surface area contributed by atoms with Crippen molar-refractivity contribution in [2.24, 2.45) is 0 Å². The number of aryl methyl sites for hydroxylation is 1. The van der Waals surface area contributed by atoms with Crippen LogP contribution >= 0.6 is 0 Å². The number of hydrogen-bond acceptors (Lipinski definition) is 3. The van der Waals surface area contributed by atoms with Crippen molar-refractivity contribution < 1.29 is 9.50 Å². The third-order valence-electron chi connectivity index (χ3n) is 2.88. The number of halogens is 1. The van der Waals surface area contributed by atoms with Crippen molar-refractivity contribution in [2.75, 3.05) is 0 Å². The number of nitrogens with zero attached hydrogens (tertiary/aromatic N) is 3. The lowest BCUT2D eigenvalue weighted by Crippen LogP contribution is -2.10. The Kier molecular flexibility index (Phi) is 3.19. The van der Waals surface area contributed by atoms with Gasteiger partial charge >= 0.3 is 0 Å². The molecule has 5 heteroatoms. The van der Waals surface area contributed by atoms with Crippen molar-refractivity contribution in [2.45, 2.75) is 26.5 Å². The molecule has 0 aliphatic rings. The fourth-order valence-corrected chi connectivity index (χ4v) is 1.73. The monoisotopic (exact) mass is 235 g/mol. The first-order valence-corrected chi connectivity index (χ1v) is 5.38. The zero-order valence-corrected chi connectivity index (χ0v) is 9.76. The van der Waals surface area contributed by atoms with E-state index in [0.717, 1.165) is 5.56 Å². The summed E-state index contributed by atoms with van der Waals surface area (Å²) in [5.41, 5.74) is 1.44. The van der Waals surface area contributed by atoms with Gasteiger partial charge in [0.15, 0.2) is 5.82 Å². The van der Waals surface area contributed by atoms with Gasteiger partial charge in [-0.15, -0.1) is 10.2 Å². The average Bonchev–Trinajstić information content (AvgIpc) is 2.80. The molecule has 0 saturated carbocycles. The molecule has 1 atom stereocenters. The largest absolute Gasteiger partial charge is 0.388 e. The molecule has 0 radical (unpaired) electrons. The highest BCUT2D eigenvalue weighted by Gasteiger charge is 2.13. The number of aliphatic hydroxyl groups is 1. The molecule has 0 spiro atoms. The summed E-state index contributed by atoms with van der Waals surface area (Å²) >= 11 is 0. The van der Waals surface area contributed by atoms with E-state index in [1.807, 2.05) is 13.0 Å². The van der Waals surface area contributed by atoms with Gasteiger partial charge in [0.05, 0.1) is 6.04 Å². The van der Waals surface area contributed by atoms with Crippen LogP contribution in [-0.2, 0) is 6.61 Å². The molecule has 0 amide bonds.